The molecule has 1 aliphatic rings. The van der Waals surface area contributed by atoms with Crippen molar-refractivity contribution in [3.63, 3.8) is 0 Å². The Morgan fingerprint density at radius 2 is 1.79 bits per heavy atom. The molecule has 5 rings (SSSR count). The van der Waals surface area contributed by atoms with E-state index in [9.17, 15) is 14.9 Å². The molecule has 1 N–H and O–H groups in total. The molecule has 1 aromatic heterocycles. The van der Waals surface area contributed by atoms with E-state index < -0.39 is 11.6 Å². The van der Waals surface area contributed by atoms with Gasteiger partial charge in [0.2, 0.25) is 0 Å². The highest BCUT2D eigenvalue weighted by atomic mass is 16.6. The van der Waals surface area contributed by atoms with E-state index in [0.717, 1.165) is 46.1 Å². The van der Waals surface area contributed by atoms with Gasteiger partial charge in [0.1, 0.15) is 16.9 Å². The van der Waals surface area contributed by atoms with Crippen molar-refractivity contribution in [3.8, 4) is 6.07 Å². The molecule has 0 aliphatic carbocycles. The van der Waals surface area contributed by atoms with Crippen molar-refractivity contribution in [1.82, 2.24) is 14.6 Å². The average molecular weight is 582 g/mol. The number of likely N-dealkylation sites (tertiary alicyclic amines) is 1. The number of methoxy groups -OCH3 is 1. The molecule has 0 saturated carbocycles. The lowest BCUT2D eigenvalue weighted by molar-refractivity contribution is 0.0204. The number of hydrogen-bond donors (Lipinski definition) is 1. The second-order valence-corrected chi connectivity index (χ2v) is 12.4. The summed E-state index contributed by atoms with van der Waals surface area (Å²) in [5.74, 6) is 0.592. The van der Waals surface area contributed by atoms with Gasteiger partial charge >= 0.3 is 12.1 Å². The maximum Gasteiger partial charge on any atom is 0.410 e. The average Bonchev–Trinajstić information content (AvgIpc) is 3.37. The van der Waals surface area contributed by atoms with Crippen molar-refractivity contribution in [2.24, 2.45) is 0 Å². The molecule has 0 bridgehead atoms. The number of benzene rings is 3. The van der Waals surface area contributed by atoms with Crippen LogP contribution in [0.25, 0.3) is 21.8 Å². The first-order valence-electron chi connectivity index (χ1n) is 14.8. The van der Waals surface area contributed by atoms with Crippen molar-refractivity contribution < 1.29 is 19.1 Å². The van der Waals surface area contributed by atoms with Crippen LogP contribution in [0.5, 0.6) is 0 Å². The third kappa shape index (κ3) is 6.14. The summed E-state index contributed by atoms with van der Waals surface area (Å²) < 4.78 is 12.7. The highest BCUT2D eigenvalue weighted by molar-refractivity contribution is 6.02. The fourth-order valence-electron chi connectivity index (χ4n) is 5.77. The second kappa shape index (κ2) is 12.0. The smallest absolute Gasteiger partial charge is 0.410 e. The summed E-state index contributed by atoms with van der Waals surface area (Å²) in [7, 11) is 1.38. The number of carbonyl (C=O) groups excluding carboxylic acids is 2. The molecule has 0 unspecified atom stereocenters. The van der Waals surface area contributed by atoms with E-state index in [4.69, 9.17) is 14.5 Å². The summed E-state index contributed by atoms with van der Waals surface area (Å²) in [6.07, 6.45) is 1.21. The first-order valence-corrected chi connectivity index (χ1v) is 14.8. The quantitative estimate of drug-likeness (QED) is 0.249. The van der Waals surface area contributed by atoms with Gasteiger partial charge in [0.25, 0.3) is 0 Å². The number of rotatable bonds is 6. The molecule has 9 heteroatoms. The molecule has 224 valence electrons. The van der Waals surface area contributed by atoms with E-state index in [2.05, 4.69) is 31.4 Å². The predicted molar refractivity (Wildman–Crippen MR) is 167 cm³/mol. The normalized spacial score (nSPS) is 14.2. The van der Waals surface area contributed by atoms with Gasteiger partial charge in [-0.05, 0) is 79.6 Å². The molecule has 3 aromatic carbocycles. The predicted octanol–water partition coefficient (Wildman–Crippen LogP) is 6.83. The van der Waals surface area contributed by atoms with Crippen molar-refractivity contribution in [3.05, 3.63) is 76.6 Å². The third-order valence-electron chi connectivity index (χ3n) is 7.91. The lowest BCUT2D eigenvalue weighted by Crippen LogP contribution is -2.41. The van der Waals surface area contributed by atoms with E-state index in [1.165, 1.54) is 7.11 Å². The number of ether oxygens (including phenoxy) is 2. The van der Waals surface area contributed by atoms with E-state index in [1.807, 2.05) is 67.9 Å². The van der Waals surface area contributed by atoms with E-state index in [1.54, 1.807) is 4.90 Å². The Morgan fingerprint density at radius 1 is 1.09 bits per heavy atom. The number of amides is 1. The number of aromatic nitrogens is 2. The summed E-state index contributed by atoms with van der Waals surface area (Å²) in [4.78, 5) is 32.3. The first kappa shape index (κ1) is 29.9. The van der Waals surface area contributed by atoms with Gasteiger partial charge in [-0.3, -0.25) is 0 Å². The number of nitriles is 1. The van der Waals surface area contributed by atoms with Crippen LogP contribution in [0.4, 0.5) is 4.79 Å². The Balaban J connectivity index is 1.51. The molecule has 43 heavy (non-hydrogen) atoms. The first-order chi connectivity index (χ1) is 20.5. The van der Waals surface area contributed by atoms with Gasteiger partial charge in [0.15, 0.2) is 0 Å². The van der Waals surface area contributed by atoms with E-state index in [0.29, 0.717) is 36.3 Å². The number of fused-ring (bicyclic) bond motifs is 2. The van der Waals surface area contributed by atoms with E-state index >= 15 is 0 Å². The molecule has 1 fully saturated rings. The zero-order chi connectivity index (χ0) is 30.9. The van der Waals surface area contributed by atoms with Gasteiger partial charge in [0, 0.05) is 19.0 Å². The Kier molecular flexibility index (Phi) is 8.32. The molecule has 1 aliphatic heterocycles. The van der Waals surface area contributed by atoms with Crippen LogP contribution < -0.4 is 5.43 Å². The minimum absolute atomic E-state index is 0.0728. The molecule has 0 atom stereocenters. The highest BCUT2D eigenvalue weighted by Gasteiger charge is 2.29. The minimum atomic E-state index is -0.544. The van der Waals surface area contributed by atoms with Crippen LogP contribution in [0.2, 0.25) is 0 Å². The Hall–Kier alpha value is -4.58. The van der Waals surface area contributed by atoms with Crippen molar-refractivity contribution in [2.75, 3.05) is 25.6 Å². The van der Waals surface area contributed by atoms with E-state index in [-0.39, 0.29) is 17.9 Å². The van der Waals surface area contributed by atoms with Gasteiger partial charge in [0.05, 0.1) is 36.4 Å². The van der Waals surface area contributed by atoms with Crippen LogP contribution in [0.15, 0.2) is 48.5 Å². The minimum Gasteiger partial charge on any atom is -0.465 e. The monoisotopic (exact) mass is 581 g/mol. The Labute approximate surface area is 252 Å². The Morgan fingerprint density at radius 3 is 2.42 bits per heavy atom. The topological polar surface area (TPSA) is 109 Å². The lowest BCUT2D eigenvalue weighted by atomic mass is 9.88. The molecule has 0 radical (unpaired) electrons. The fourth-order valence-corrected chi connectivity index (χ4v) is 5.77. The summed E-state index contributed by atoms with van der Waals surface area (Å²) in [6, 6.07) is 18.0. The molecule has 1 saturated heterocycles. The van der Waals surface area contributed by atoms with Gasteiger partial charge in [-0.15, -0.1) is 0 Å². The summed E-state index contributed by atoms with van der Waals surface area (Å²) in [5, 5.41) is 11.5. The summed E-state index contributed by atoms with van der Waals surface area (Å²) in [6.45, 7) is 11.4. The van der Waals surface area contributed by atoms with Crippen LogP contribution in [-0.4, -0.2) is 52.4 Å². The molecule has 2 heterocycles. The van der Waals surface area contributed by atoms with Gasteiger partial charge < -0.3 is 19.8 Å². The molecular weight excluding hydrogens is 542 g/mol. The molecular formula is C34H39N5O4. The number of carbonyl (C=O) groups is 2. The van der Waals surface area contributed by atoms with Crippen LogP contribution in [0, 0.1) is 11.3 Å². The Bertz CT molecular complexity index is 1720. The molecule has 1 amide bonds. The third-order valence-corrected chi connectivity index (χ3v) is 7.91. The highest BCUT2D eigenvalue weighted by Crippen LogP contribution is 2.34. The largest absolute Gasteiger partial charge is 0.465 e. The zero-order valence-corrected chi connectivity index (χ0v) is 25.7. The lowest BCUT2D eigenvalue weighted by Gasteiger charge is -2.33. The number of esters is 1. The number of nitrogens with zero attached hydrogens (tertiary/aromatic N) is 4. The molecule has 9 nitrogen and oxygen atoms in total. The van der Waals surface area contributed by atoms with Crippen LogP contribution in [0.1, 0.15) is 92.2 Å². The van der Waals surface area contributed by atoms with Crippen molar-refractivity contribution in [2.45, 2.75) is 71.4 Å². The standard InChI is InChI=1S/C34H39N5O4/c1-21(2)31-37-30-28(32(40)42-6)17-25(22-13-15-38(16-14-22)33(41)43-34(3,4)5)18-29(30)39(31)36-20-24-12-11-23(19-35)26-9-7-8-10-27(24)26/h7-12,17-18,21-22,36H,13-16,20H2,1-6H3. The van der Waals surface area contributed by atoms with Crippen molar-refractivity contribution in [1.29, 1.82) is 5.26 Å². The van der Waals surface area contributed by atoms with Crippen LogP contribution >= 0.6 is 0 Å². The SMILES string of the molecule is COC(=O)c1cc(C2CCN(C(=O)OC(C)(C)C)CC2)cc2c1nc(C(C)C)n2NCc1ccc(C#N)c2ccccc12. The maximum atomic E-state index is 13.0. The van der Waals surface area contributed by atoms with Crippen LogP contribution in [0.3, 0.4) is 0 Å². The zero-order valence-electron chi connectivity index (χ0n) is 25.7. The molecule has 0 spiro atoms. The summed E-state index contributed by atoms with van der Waals surface area (Å²) >= 11 is 0. The second-order valence-electron chi connectivity index (χ2n) is 12.4. The van der Waals surface area contributed by atoms with Crippen LogP contribution in [-0.2, 0) is 16.0 Å². The van der Waals surface area contributed by atoms with Gasteiger partial charge in [-0.2, -0.15) is 5.26 Å². The summed E-state index contributed by atoms with van der Waals surface area (Å²) in [5.41, 5.74) is 7.54. The van der Waals surface area contributed by atoms with Gasteiger partial charge in [-0.1, -0.05) is 44.2 Å². The number of nitrogens with one attached hydrogen (secondary N) is 1. The number of hydrogen-bond acceptors (Lipinski definition) is 7. The fraction of sp³-hybridized carbons (Fsp3) is 0.412. The molecule has 4 aromatic rings. The van der Waals surface area contributed by atoms with Crippen molar-refractivity contribution >= 4 is 33.9 Å². The number of imidazole rings is 1. The number of piperidine rings is 1. The maximum absolute atomic E-state index is 13.0. The van der Waals surface area contributed by atoms with Gasteiger partial charge in [-0.25, -0.2) is 19.2 Å².